The van der Waals surface area contributed by atoms with Gasteiger partial charge in [-0.1, -0.05) is 6.07 Å². The van der Waals surface area contributed by atoms with Gasteiger partial charge in [-0.15, -0.1) is 0 Å². The Morgan fingerprint density at radius 2 is 2.33 bits per heavy atom. The third-order valence-corrected chi connectivity index (χ3v) is 5.30. The molecule has 1 amide bonds. The SMILES string of the molecule is CC(Nc1cccc(C(=O)N2CCCC(CO)C2)c1)c1ccsc1. The molecule has 1 aromatic heterocycles. The van der Waals surface area contributed by atoms with E-state index >= 15 is 0 Å². The van der Waals surface area contributed by atoms with Crippen LogP contribution in [0.5, 0.6) is 0 Å². The third-order valence-electron chi connectivity index (χ3n) is 4.60. The van der Waals surface area contributed by atoms with Crippen molar-refractivity contribution >= 4 is 22.9 Å². The van der Waals surface area contributed by atoms with Crippen LogP contribution in [0.2, 0.25) is 0 Å². The van der Waals surface area contributed by atoms with Crippen LogP contribution in [0, 0.1) is 5.92 Å². The predicted octanol–water partition coefficient (Wildman–Crippen LogP) is 3.77. The van der Waals surface area contributed by atoms with E-state index in [1.807, 2.05) is 29.2 Å². The van der Waals surface area contributed by atoms with E-state index in [0.717, 1.165) is 25.1 Å². The monoisotopic (exact) mass is 344 g/mol. The quantitative estimate of drug-likeness (QED) is 0.868. The van der Waals surface area contributed by atoms with Crippen LogP contribution in [0.15, 0.2) is 41.1 Å². The molecule has 2 unspecified atom stereocenters. The number of aliphatic hydroxyl groups is 1. The number of rotatable bonds is 5. The van der Waals surface area contributed by atoms with Gasteiger partial charge in [-0.3, -0.25) is 4.79 Å². The Kier molecular flexibility index (Phi) is 5.53. The van der Waals surface area contributed by atoms with Crippen molar-refractivity contribution < 1.29 is 9.90 Å². The van der Waals surface area contributed by atoms with Crippen molar-refractivity contribution in [1.29, 1.82) is 0 Å². The van der Waals surface area contributed by atoms with Crippen molar-refractivity contribution in [3.05, 3.63) is 52.2 Å². The minimum atomic E-state index is 0.0555. The van der Waals surface area contributed by atoms with Crippen molar-refractivity contribution in [2.75, 3.05) is 25.0 Å². The summed E-state index contributed by atoms with van der Waals surface area (Å²) in [6.45, 7) is 3.70. The smallest absolute Gasteiger partial charge is 0.253 e. The van der Waals surface area contributed by atoms with E-state index in [9.17, 15) is 9.90 Å². The summed E-state index contributed by atoms with van der Waals surface area (Å²) >= 11 is 1.69. The second kappa shape index (κ2) is 7.81. The molecule has 24 heavy (non-hydrogen) atoms. The molecule has 0 saturated carbocycles. The number of thiophene rings is 1. The normalized spacial score (nSPS) is 19.1. The molecular formula is C19H24N2O2S. The molecule has 2 aromatic rings. The zero-order chi connectivity index (χ0) is 16.9. The summed E-state index contributed by atoms with van der Waals surface area (Å²) in [5.74, 6) is 0.266. The molecule has 1 fully saturated rings. The Labute approximate surface area is 147 Å². The van der Waals surface area contributed by atoms with E-state index in [4.69, 9.17) is 0 Å². The summed E-state index contributed by atoms with van der Waals surface area (Å²) in [5.41, 5.74) is 2.91. The average molecular weight is 344 g/mol. The number of nitrogens with one attached hydrogen (secondary N) is 1. The number of amides is 1. The van der Waals surface area contributed by atoms with Gasteiger partial charge in [0.15, 0.2) is 0 Å². The van der Waals surface area contributed by atoms with Crippen LogP contribution in [0.25, 0.3) is 0 Å². The topological polar surface area (TPSA) is 52.6 Å². The Hall–Kier alpha value is -1.85. The Morgan fingerprint density at radius 3 is 3.08 bits per heavy atom. The van der Waals surface area contributed by atoms with Crippen LogP contribution in [0.1, 0.15) is 41.7 Å². The number of hydrogen-bond donors (Lipinski definition) is 2. The standard InChI is InChI=1S/C19H24N2O2S/c1-14(17-7-9-24-13-17)20-18-6-2-5-16(10-18)19(23)21-8-3-4-15(11-21)12-22/h2,5-7,9-10,13-15,20,22H,3-4,8,11-12H2,1H3. The largest absolute Gasteiger partial charge is 0.396 e. The van der Waals surface area contributed by atoms with Crippen molar-refractivity contribution in [3.8, 4) is 0 Å². The van der Waals surface area contributed by atoms with Crippen LogP contribution in [0.3, 0.4) is 0 Å². The predicted molar refractivity (Wildman–Crippen MR) is 98.5 cm³/mol. The molecule has 1 aromatic carbocycles. The van der Waals surface area contributed by atoms with Gasteiger partial charge >= 0.3 is 0 Å². The van der Waals surface area contributed by atoms with Gasteiger partial charge < -0.3 is 15.3 Å². The number of hydrogen-bond acceptors (Lipinski definition) is 4. The summed E-state index contributed by atoms with van der Waals surface area (Å²) in [6, 6.07) is 10.0. The van der Waals surface area contributed by atoms with E-state index in [1.165, 1.54) is 5.56 Å². The van der Waals surface area contributed by atoms with Crippen molar-refractivity contribution in [2.24, 2.45) is 5.92 Å². The van der Waals surface area contributed by atoms with Gasteiger partial charge in [-0.25, -0.2) is 0 Å². The number of likely N-dealkylation sites (tertiary alicyclic amines) is 1. The summed E-state index contributed by atoms with van der Waals surface area (Å²) in [7, 11) is 0. The molecule has 0 aliphatic carbocycles. The lowest BCUT2D eigenvalue weighted by Gasteiger charge is -2.32. The van der Waals surface area contributed by atoms with Crippen LogP contribution in [0.4, 0.5) is 5.69 Å². The Morgan fingerprint density at radius 1 is 1.46 bits per heavy atom. The lowest BCUT2D eigenvalue weighted by molar-refractivity contribution is 0.0621. The molecule has 0 bridgehead atoms. The summed E-state index contributed by atoms with van der Waals surface area (Å²) in [4.78, 5) is 14.6. The second-order valence-corrected chi connectivity index (χ2v) is 7.23. The van der Waals surface area contributed by atoms with Gasteiger partial charge in [0.25, 0.3) is 5.91 Å². The first-order valence-electron chi connectivity index (χ1n) is 8.46. The van der Waals surface area contributed by atoms with Gasteiger partial charge in [0.1, 0.15) is 0 Å². The molecule has 0 spiro atoms. The molecule has 2 atom stereocenters. The Balaban J connectivity index is 1.69. The van der Waals surface area contributed by atoms with Gasteiger partial charge in [-0.2, -0.15) is 11.3 Å². The highest BCUT2D eigenvalue weighted by Gasteiger charge is 2.24. The summed E-state index contributed by atoms with van der Waals surface area (Å²) in [6.07, 6.45) is 1.96. The molecule has 2 heterocycles. The van der Waals surface area contributed by atoms with E-state index < -0.39 is 0 Å². The number of carbonyl (C=O) groups is 1. The van der Waals surface area contributed by atoms with Crippen molar-refractivity contribution in [1.82, 2.24) is 4.90 Å². The van der Waals surface area contributed by atoms with Gasteiger partial charge in [0, 0.05) is 37.0 Å². The second-order valence-electron chi connectivity index (χ2n) is 6.45. The fourth-order valence-corrected chi connectivity index (χ4v) is 3.93. The fraction of sp³-hybridized carbons (Fsp3) is 0.421. The zero-order valence-electron chi connectivity index (χ0n) is 13.9. The Bertz CT molecular complexity index is 672. The van der Waals surface area contributed by atoms with Gasteiger partial charge in [-0.05, 0) is 66.3 Å². The van der Waals surface area contributed by atoms with E-state index in [0.29, 0.717) is 12.1 Å². The maximum atomic E-state index is 12.7. The van der Waals surface area contributed by atoms with Crippen LogP contribution in [-0.4, -0.2) is 35.6 Å². The molecule has 4 nitrogen and oxygen atoms in total. The van der Waals surface area contributed by atoms with Crippen molar-refractivity contribution in [2.45, 2.75) is 25.8 Å². The van der Waals surface area contributed by atoms with E-state index in [-0.39, 0.29) is 24.5 Å². The maximum Gasteiger partial charge on any atom is 0.253 e. The molecule has 2 N–H and O–H groups in total. The lowest BCUT2D eigenvalue weighted by atomic mass is 9.98. The first-order valence-corrected chi connectivity index (χ1v) is 9.40. The van der Waals surface area contributed by atoms with Crippen LogP contribution < -0.4 is 5.32 Å². The van der Waals surface area contributed by atoms with E-state index in [2.05, 4.69) is 29.1 Å². The number of nitrogens with zero attached hydrogens (tertiary/aromatic N) is 1. The van der Waals surface area contributed by atoms with Gasteiger partial charge in [0.05, 0.1) is 0 Å². The fourth-order valence-electron chi connectivity index (χ4n) is 3.18. The molecule has 5 heteroatoms. The van der Waals surface area contributed by atoms with E-state index in [1.54, 1.807) is 11.3 Å². The molecule has 0 radical (unpaired) electrons. The molecule has 3 rings (SSSR count). The van der Waals surface area contributed by atoms with Gasteiger partial charge in [0.2, 0.25) is 0 Å². The van der Waals surface area contributed by atoms with Crippen molar-refractivity contribution in [3.63, 3.8) is 0 Å². The number of benzene rings is 1. The summed E-state index contributed by atoms with van der Waals surface area (Å²) in [5, 5.41) is 17.0. The average Bonchev–Trinajstić information content (AvgIpc) is 3.16. The zero-order valence-corrected chi connectivity index (χ0v) is 14.8. The number of anilines is 1. The third kappa shape index (κ3) is 3.97. The molecular weight excluding hydrogens is 320 g/mol. The molecule has 1 aliphatic heterocycles. The number of aliphatic hydroxyl groups excluding tert-OH is 1. The highest BCUT2D eigenvalue weighted by atomic mass is 32.1. The first kappa shape index (κ1) is 17.0. The van der Waals surface area contributed by atoms with Crippen LogP contribution in [-0.2, 0) is 0 Å². The molecule has 1 aliphatic rings. The minimum Gasteiger partial charge on any atom is -0.396 e. The highest BCUT2D eigenvalue weighted by molar-refractivity contribution is 7.08. The summed E-state index contributed by atoms with van der Waals surface area (Å²) < 4.78 is 0. The van der Waals surface area contributed by atoms with Crippen LogP contribution >= 0.6 is 11.3 Å². The maximum absolute atomic E-state index is 12.7. The minimum absolute atomic E-state index is 0.0555. The number of carbonyl (C=O) groups excluding carboxylic acids is 1. The number of piperidine rings is 1. The highest BCUT2D eigenvalue weighted by Crippen LogP contribution is 2.23. The lowest BCUT2D eigenvalue weighted by Crippen LogP contribution is -2.40. The first-order chi connectivity index (χ1) is 11.7. The molecule has 128 valence electrons. The molecule has 1 saturated heterocycles.